The van der Waals surface area contributed by atoms with Crippen LogP contribution >= 0.6 is 0 Å². The zero-order valence-electron chi connectivity index (χ0n) is 27.7. The average molecular weight is 640 g/mol. The molecule has 0 N–H and O–H groups in total. The largest absolute Gasteiger partial charge is 0.306 e. The molecular weight excluding hydrogens is 607 g/mol. The third kappa shape index (κ3) is 4.20. The van der Waals surface area contributed by atoms with Gasteiger partial charge in [-0.2, -0.15) is 0 Å². The van der Waals surface area contributed by atoms with Crippen LogP contribution in [0.1, 0.15) is 12.7 Å². The summed E-state index contributed by atoms with van der Waals surface area (Å²) in [5.41, 5.74) is 14.1. The molecule has 3 nitrogen and oxygen atoms in total. The van der Waals surface area contributed by atoms with Gasteiger partial charge in [0.15, 0.2) is 0 Å². The van der Waals surface area contributed by atoms with E-state index in [0.717, 1.165) is 40.3 Å². The lowest BCUT2D eigenvalue weighted by Gasteiger charge is -2.34. The van der Waals surface area contributed by atoms with E-state index in [2.05, 4.69) is 186 Å². The molecule has 2 heterocycles. The maximum Gasteiger partial charge on any atom is 0.114 e. The summed E-state index contributed by atoms with van der Waals surface area (Å²) >= 11 is 0. The molecule has 0 aliphatic carbocycles. The van der Waals surface area contributed by atoms with E-state index >= 15 is 0 Å². The number of para-hydroxylation sites is 3. The van der Waals surface area contributed by atoms with Gasteiger partial charge in [0.25, 0.3) is 0 Å². The highest BCUT2D eigenvalue weighted by molar-refractivity contribution is 6.22. The summed E-state index contributed by atoms with van der Waals surface area (Å²) in [5.74, 6) is 1.07. The Kier molecular flexibility index (Phi) is 6.47. The summed E-state index contributed by atoms with van der Waals surface area (Å²) in [6.45, 7) is 2.21. The zero-order chi connectivity index (χ0) is 33.2. The van der Waals surface area contributed by atoms with Gasteiger partial charge in [0.1, 0.15) is 5.82 Å². The predicted molar refractivity (Wildman–Crippen MR) is 210 cm³/mol. The number of rotatable bonds is 5. The van der Waals surface area contributed by atoms with Gasteiger partial charge in [0.05, 0.1) is 28.1 Å². The summed E-state index contributed by atoms with van der Waals surface area (Å²) < 4.78 is 2.44. The van der Waals surface area contributed by atoms with Gasteiger partial charge in [-0.15, -0.1) is 0 Å². The van der Waals surface area contributed by atoms with E-state index in [1.807, 2.05) is 0 Å². The highest BCUT2D eigenvalue weighted by Crippen LogP contribution is 2.52. The van der Waals surface area contributed by atoms with Gasteiger partial charge in [-0.25, -0.2) is 4.98 Å². The van der Waals surface area contributed by atoms with Gasteiger partial charge in [-0.05, 0) is 79.7 Å². The Hall–Kier alpha value is -6.45. The first kappa shape index (κ1) is 28.6. The Balaban J connectivity index is 1.29. The van der Waals surface area contributed by atoms with Crippen molar-refractivity contribution >= 4 is 49.6 Å². The normalized spacial score (nSPS) is 12.1. The lowest BCUT2D eigenvalue weighted by molar-refractivity contribution is 0.902. The van der Waals surface area contributed by atoms with Crippen LogP contribution in [0.2, 0.25) is 0 Å². The number of aromatic nitrogens is 2. The average Bonchev–Trinajstić information content (AvgIpc) is 3.57. The Labute approximate surface area is 291 Å². The predicted octanol–water partition coefficient (Wildman–Crippen LogP) is 12.7. The summed E-state index contributed by atoms with van der Waals surface area (Å²) in [6, 6.07) is 61.6. The number of hydrogen-bond donors (Lipinski definition) is 0. The third-order valence-corrected chi connectivity index (χ3v) is 10.3. The SMILES string of the molecule is CCc1nc2cccc3c2n1-c1c(-c2c4ccccc4c(-c4ccc(-c5ccccc5)cc4)c4ccccc24)cccc1N3c1ccccc1. The number of nitrogens with zero attached hydrogens (tertiary/aromatic N) is 3. The second kappa shape index (κ2) is 11.3. The molecule has 1 aliphatic rings. The molecule has 10 rings (SSSR count). The number of aryl methyl sites for hydroxylation is 1. The minimum Gasteiger partial charge on any atom is -0.306 e. The zero-order valence-corrected chi connectivity index (χ0v) is 27.7. The van der Waals surface area contributed by atoms with Crippen LogP contribution < -0.4 is 4.90 Å². The molecular formula is C47H33N3. The monoisotopic (exact) mass is 639 g/mol. The van der Waals surface area contributed by atoms with Crippen molar-refractivity contribution in [2.24, 2.45) is 0 Å². The van der Waals surface area contributed by atoms with Crippen LogP contribution in [0.25, 0.3) is 71.6 Å². The second-order valence-corrected chi connectivity index (χ2v) is 13.0. The highest BCUT2D eigenvalue weighted by atomic mass is 15.2. The van der Waals surface area contributed by atoms with E-state index in [-0.39, 0.29) is 0 Å². The van der Waals surface area contributed by atoms with Crippen molar-refractivity contribution in [1.82, 2.24) is 9.55 Å². The molecule has 0 bridgehead atoms. The molecule has 0 saturated heterocycles. The first-order chi connectivity index (χ1) is 24.8. The van der Waals surface area contributed by atoms with E-state index < -0.39 is 0 Å². The van der Waals surface area contributed by atoms with Crippen LogP contribution in [0, 0.1) is 0 Å². The van der Waals surface area contributed by atoms with Crippen LogP contribution in [0.3, 0.4) is 0 Å². The summed E-state index contributed by atoms with van der Waals surface area (Å²) in [4.78, 5) is 7.62. The standard InChI is InChI=1S/C47H33N3/c1-2-43-48-40-24-14-26-42-47(40)50(43)46-39(23-13-25-41(46)49(42)34-17-7-4-8-18-34)45-37-21-11-9-19-35(37)44(36-20-10-12-22-38(36)45)33-29-27-32(28-30-33)31-15-5-3-6-16-31/h3-30H,2H2,1H3. The van der Waals surface area contributed by atoms with Crippen LogP contribution in [0.4, 0.5) is 17.1 Å². The second-order valence-electron chi connectivity index (χ2n) is 13.0. The van der Waals surface area contributed by atoms with Crippen LogP contribution in [-0.2, 0) is 6.42 Å². The summed E-state index contributed by atoms with van der Waals surface area (Å²) in [5, 5.41) is 4.96. The number of hydrogen-bond acceptors (Lipinski definition) is 2. The molecule has 0 fully saturated rings. The fourth-order valence-electron chi connectivity index (χ4n) is 8.14. The topological polar surface area (TPSA) is 21.1 Å². The molecule has 0 saturated carbocycles. The van der Waals surface area contributed by atoms with Crippen molar-refractivity contribution in [3.63, 3.8) is 0 Å². The summed E-state index contributed by atoms with van der Waals surface area (Å²) in [6.07, 6.45) is 0.826. The lowest BCUT2D eigenvalue weighted by atomic mass is 9.85. The number of fused-ring (bicyclic) bond motifs is 4. The van der Waals surface area contributed by atoms with E-state index in [1.165, 1.54) is 60.6 Å². The number of imidazole rings is 1. The third-order valence-electron chi connectivity index (χ3n) is 10.3. The molecule has 0 spiro atoms. The maximum absolute atomic E-state index is 5.21. The van der Waals surface area contributed by atoms with E-state index in [4.69, 9.17) is 4.98 Å². The Morgan fingerprint density at radius 2 is 1.00 bits per heavy atom. The van der Waals surface area contributed by atoms with E-state index in [0.29, 0.717) is 0 Å². The molecule has 0 radical (unpaired) electrons. The van der Waals surface area contributed by atoms with Crippen LogP contribution in [0.15, 0.2) is 170 Å². The van der Waals surface area contributed by atoms with Crippen molar-refractivity contribution in [1.29, 1.82) is 0 Å². The molecule has 236 valence electrons. The maximum atomic E-state index is 5.21. The van der Waals surface area contributed by atoms with Gasteiger partial charge in [0.2, 0.25) is 0 Å². The number of anilines is 3. The van der Waals surface area contributed by atoms with Crippen LogP contribution in [-0.4, -0.2) is 9.55 Å². The molecule has 1 aromatic heterocycles. The molecule has 3 heteroatoms. The molecule has 0 amide bonds. The Bertz CT molecular complexity index is 2670. The molecule has 0 unspecified atom stereocenters. The van der Waals surface area contributed by atoms with Crippen molar-refractivity contribution in [2.45, 2.75) is 13.3 Å². The lowest BCUT2D eigenvalue weighted by Crippen LogP contribution is -2.19. The van der Waals surface area contributed by atoms with E-state index in [9.17, 15) is 0 Å². The van der Waals surface area contributed by atoms with Gasteiger partial charge in [0, 0.05) is 17.7 Å². The van der Waals surface area contributed by atoms with Crippen LogP contribution in [0.5, 0.6) is 0 Å². The minimum atomic E-state index is 0.826. The Morgan fingerprint density at radius 1 is 0.460 bits per heavy atom. The quantitative estimate of drug-likeness (QED) is 0.175. The van der Waals surface area contributed by atoms with Gasteiger partial charge >= 0.3 is 0 Å². The fourth-order valence-corrected chi connectivity index (χ4v) is 8.14. The molecule has 1 aliphatic heterocycles. The first-order valence-electron chi connectivity index (χ1n) is 17.4. The van der Waals surface area contributed by atoms with Crippen molar-refractivity contribution < 1.29 is 0 Å². The Morgan fingerprint density at radius 3 is 1.66 bits per heavy atom. The van der Waals surface area contributed by atoms with Gasteiger partial charge < -0.3 is 4.90 Å². The molecule has 0 atom stereocenters. The minimum absolute atomic E-state index is 0.826. The summed E-state index contributed by atoms with van der Waals surface area (Å²) in [7, 11) is 0. The smallest absolute Gasteiger partial charge is 0.114 e. The number of benzene rings is 8. The van der Waals surface area contributed by atoms with Crippen molar-refractivity contribution in [3.05, 3.63) is 176 Å². The molecule has 8 aromatic carbocycles. The fraction of sp³-hybridized carbons (Fsp3) is 0.0426. The van der Waals surface area contributed by atoms with Crippen molar-refractivity contribution in [3.8, 4) is 39.1 Å². The molecule has 9 aromatic rings. The van der Waals surface area contributed by atoms with Gasteiger partial charge in [-0.1, -0.05) is 146 Å². The highest BCUT2D eigenvalue weighted by Gasteiger charge is 2.31. The van der Waals surface area contributed by atoms with Crippen molar-refractivity contribution in [2.75, 3.05) is 4.90 Å². The van der Waals surface area contributed by atoms with E-state index in [1.54, 1.807) is 0 Å². The molecule has 50 heavy (non-hydrogen) atoms. The van der Waals surface area contributed by atoms with Gasteiger partial charge in [-0.3, -0.25) is 4.57 Å². The first-order valence-corrected chi connectivity index (χ1v) is 17.4.